The van der Waals surface area contributed by atoms with E-state index in [1.54, 1.807) is 0 Å². The molecule has 0 bridgehead atoms. The van der Waals surface area contributed by atoms with E-state index >= 15 is 0 Å². The highest BCUT2D eigenvalue weighted by atomic mass is 32.2. The summed E-state index contributed by atoms with van der Waals surface area (Å²) >= 11 is 1.86. The van der Waals surface area contributed by atoms with Crippen molar-refractivity contribution in [2.45, 2.75) is 18.2 Å². The maximum absolute atomic E-state index is 3.78. The number of benzene rings is 1. The van der Waals surface area contributed by atoms with Gasteiger partial charge >= 0.3 is 0 Å². The maximum Gasteiger partial charge on any atom is 0.0341 e. The lowest BCUT2D eigenvalue weighted by molar-refractivity contribution is 0.396. The fourth-order valence-corrected chi connectivity index (χ4v) is 3.10. The van der Waals surface area contributed by atoms with Gasteiger partial charge in [-0.25, -0.2) is 4.31 Å². The Kier molecular flexibility index (Phi) is 6.43. The van der Waals surface area contributed by atoms with Crippen LogP contribution >= 0.6 is 11.9 Å². The number of allylic oxidation sites excluding steroid dienone is 1. The van der Waals surface area contributed by atoms with Crippen LogP contribution in [0, 0.1) is 5.92 Å². The van der Waals surface area contributed by atoms with Crippen molar-refractivity contribution in [2.75, 3.05) is 38.0 Å². The van der Waals surface area contributed by atoms with Gasteiger partial charge in [0.2, 0.25) is 0 Å². The zero-order chi connectivity index (χ0) is 14.2. The molecule has 4 heteroatoms. The summed E-state index contributed by atoms with van der Waals surface area (Å²) in [4.78, 5) is 1.32. The molecule has 1 atom stereocenters. The lowest BCUT2D eigenvalue weighted by atomic mass is 10.1. The summed E-state index contributed by atoms with van der Waals surface area (Å²) in [6.45, 7) is 11.4. The molecule has 0 spiro atoms. The average Bonchev–Trinajstić information content (AvgIpc) is 2.48. The van der Waals surface area contributed by atoms with Crippen LogP contribution in [0.2, 0.25) is 0 Å². The van der Waals surface area contributed by atoms with Crippen molar-refractivity contribution in [3.8, 4) is 0 Å². The minimum absolute atomic E-state index is 0.627. The summed E-state index contributed by atoms with van der Waals surface area (Å²) in [6.07, 6.45) is 3.05. The summed E-state index contributed by atoms with van der Waals surface area (Å²) in [5, 5.41) is 6.85. The molecule has 1 aliphatic rings. The molecule has 1 saturated heterocycles. The van der Waals surface area contributed by atoms with Gasteiger partial charge in [0.25, 0.3) is 0 Å². The Balaban J connectivity index is 1.78. The molecule has 1 aromatic rings. The molecule has 0 aliphatic carbocycles. The molecule has 1 unspecified atom stereocenters. The van der Waals surface area contributed by atoms with Crippen molar-refractivity contribution in [1.29, 1.82) is 0 Å². The second kappa shape index (κ2) is 8.35. The first kappa shape index (κ1) is 15.4. The normalized spacial score (nSPS) is 17.6. The second-order valence-corrected chi connectivity index (χ2v) is 6.48. The number of anilines is 1. The fraction of sp³-hybridized carbons (Fsp3) is 0.500. The van der Waals surface area contributed by atoms with Crippen molar-refractivity contribution >= 4 is 17.6 Å². The Morgan fingerprint density at radius 3 is 2.70 bits per heavy atom. The van der Waals surface area contributed by atoms with Crippen LogP contribution in [0.4, 0.5) is 5.69 Å². The highest BCUT2D eigenvalue weighted by molar-refractivity contribution is 7.97. The molecule has 0 aromatic heterocycles. The first-order valence-corrected chi connectivity index (χ1v) is 8.13. The number of nitrogens with one attached hydrogen (secondary N) is 2. The van der Waals surface area contributed by atoms with E-state index in [4.69, 9.17) is 0 Å². The van der Waals surface area contributed by atoms with Crippen LogP contribution in [0.3, 0.4) is 0 Å². The molecule has 2 rings (SSSR count). The van der Waals surface area contributed by atoms with E-state index < -0.39 is 0 Å². The average molecular weight is 291 g/mol. The molecule has 3 nitrogen and oxygen atoms in total. The van der Waals surface area contributed by atoms with Crippen LogP contribution in [-0.4, -0.2) is 37.0 Å². The molecule has 2 N–H and O–H groups in total. The van der Waals surface area contributed by atoms with Crippen LogP contribution in [-0.2, 0) is 0 Å². The molecule has 1 fully saturated rings. The van der Waals surface area contributed by atoms with Gasteiger partial charge in [0.15, 0.2) is 0 Å². The lowest BCUT2D eigenvalue weighted by Gasteiger charge is -2.25. The number of hydrogen-bond donors (Lipinski definition) is 2. The van der Waals surface area contributed by atoms with E-state index in [1.807, 2.05) is 18.0 Å². The molecule has 20 heavy (non-hydrogen) atoms. The molecule has 0 saturated carbocycles. The van der Waals surface area contributed by atoms with Gasteiger partial charge in [-0.05, 0) is 48.6 Å². The van der Waals surface area contributed by atoms with Crippen LogP contribution in [0.5, 0.6) is 0 Å². The molecule has 1 aliphatic heterocycles. The molecule has 1 heterocycles. The minimum atomic E-state index is 0.627. The quantitative estimate of drug-likeness (QED) is 0.596. The third-order valence-electron chi connectivity index (χ3n) is 3.39. The summed E-state index contributed by atoms with van der Waals surface area (Å²) in [5.74, 6) is 0.627. The smallest absolute Gasteiger partial charge is 0.0341 e. The van der Waals surface area contributed by atoms with Crippen molar-refractivity contribution in [2.24, 2.45) is 5.92 Å². The van der Waals surface area contributed by atoms with Gasteiger partial charge in [-0.3, -0.25) is 0 Å². The molecule has 0 amide bonds. The van der Waals surface area contributed by atoms with Gasteiger partial charge in [0, 0.05) is 43.3 Å². The number of nitrogens with zero attached hydrogens (tertiary/aromatic N) is 1. The van der Waals surface area contributed by atoms with Gasteiger partial charge in [0.05, 0.1) is 0 Å². The number of hydrogen-bond acceptors (Lipinski definition) is 4. The Labute approximate surface area is 127 Å². The third-order valence-corrected chi connectivity index (χ3v) is 4.49. The largest absolute Gasteiger partial charge is 0.385 e. The SMILES string of the molecule is C=CCC(C)CNc1ccc(SN2CCNCC2)cc1. The Morgan fingerprint density at radius 2 is 2.05 bits per heavy atom. The highest BCUT2D eigenvalue weighted by Gasteiger charge is 2.10. The van der Waals surface area contributed by atoms with Crippen LogP contribution in [0.15, 0.2) is 41.8 Å². The standard InChI is InChI=1S/C16H25N3S/c1-3-4-14(2)13-18-15-5-7-16(8-6-15)20-19-11-9-17-10-12-19/h3,5-8,14,17-18H,1,4,9-13H2,2H3. The number of rotatable bonds is 7. The summed E-state index contributed by atoms with van der Waals surface area (Å²) in [5.41, 5.74) is 1.20. The molecular weight excluding hydrogens is 266 g/mol. The van der Waals surface area contributed by atoms with E-state index in [-0.39, 0.29) is 0 Å². The maximum atomic E-state index is 3.78. The van der Waals surface area contributed by atoms with Gasteiger partial charge in [0.1, 0.15) is 0 Å². The van der Waals surface area contributed by atoms with E-state index in [0.29, 0.717) is 5.92 Å². The molecule has 110 valence electrons. The fourth-order valence-electron chi connectivity index (χ4n) is 2.18. The summed E-state index contributed by atoms with van der Waals surface area (Å²) in [7, 11) is 0. The zero-order valence-corrected chi connectivity index (χ0v) is 13.1. The van der Waals surface area contributed by atoms with E-state index in [1.165, 1.54) is 10.6 Å². The molecular formula is C16H25N3S. The highest BCUT2D eigenvalue weighted by Crippen LogP contribution is 2.24. The lowest BCUT2D eigenvalue weighted by Crippen LogP contribution is -2.39. The summed E-state index contributed by atoms with van der Waals surface area (Å²) < 4.78 is 2.42. The second-order valence-electron chi connectivity index (χ2n) is 5.31. The predicted molar refractivity (Wildman–Crippen MR) is 89.2 cm³/mol. The van der Waals surface area contributed by atoms with Gasteiger partial charge < -0.3 is 10.6 Å². The first-order valence-electron chi connectivity index (χ1n) is 7.36. The van der Waals surface area contributed by atoms with Crippen molar-refractivity contribution in [3.05, 3.63) is 36.9 Å². The van der Waals surface area contributed by atoms with Crippen molar-refractivity contribution < 1.29 is 0 Å². The predicted octanol–water partition coefficient (Wildman–Crippen LogP) is 3.22. The van der Waals surface area contributed by atoms with Gasteiger partial charge in [-0.2, -0.15) is 0 Å². The Morgan fingerprint density at radius 1 is 1.35 bits per heavy atom. The molecule has 0 radical (unpaired) electrons. The Bertz CT molecular complexity index is 399. The number of piperazine rings is 1. The monoisotopic (exact) mass is 291 g/mol. The summed E-state index contributed by atoms with van der Waals surface area (Å²) in [6, 6.07) is 8.75. The third kappa shape index (κ3) is 5.19. The van der Waals surface area contributed by atoms with E-state index in [0.717, 1.165) is 39.1 Å². The van der Waals surface area contributed by atoms with Crippen molar-refractivity contribution in [3.63, 3.8) is 0 Å². The van der Waals surface area contributed by atoms with Crippen LogP contribution in [0.1, 0.15) is 13.3 Å². The topological polar surface area (TPSA) is 27.3 Å². The van der Waals surface area contributed by atoms with E-state index in [2.05, 4.69) is 52.7 Å². The van der Waals surface area contributed by atoms with Crippen molar-refractivity contribution in [1.82, 2.24) is 9.62 Å². The zero-order valence-electron chi connectivity index (χ0n) is 12.3. The molecule has 1 aromatic carbocycles. The first-order chi connectivity index (χ1) is 9.78. The Hall–Kier alpha value is -0.970. The minimum Gasteiger partial charge on any atom is -0.385 e. The van der Waals surface area contributed by atoms with E-state index in [9.17, 15) is 0 Å². The van der Waals surface area contributed by atoms with Crippen LogP contribution in [0.25, 0.3) is 0 Å². The van der Waals surface area contributed by atoms with Gasteiger partial charge in [-0.1, -0.05) is 13.0 Å². The van der Waals surface area contributed by atoms with Crippen LogP contribution < -0.4 is 10.6 Å². The van der Waals surface area contributed by atoms with Gasteiger partial charge in [-0.15, -0.1) is 6.58 Å².